The molecule has 1 amide bonds. The molecular formula is C24H31N3O3S. The summed E-state index contributed by atoms with van der Waals surface area (Å²) in [6, 6.07) is 17.9. The molecule has 1 aliphatic carbocycles. The van der Waals surface area contributed by atoms with Crippen molar-refractivity contribution in [3.63, 3.8) is 0 Å². The van der Waals surface area contributed by atoms with E-state index in [2.05, 4.69) is 27.1 Å². The van der Waals surface area contributed by atoms with E-state index in [1.165, 1.54) is 12.8 Å². The van der Waals surface area contributed by atoms with E-state index in [1.54, 1.807) is 0 Å². The Morgan fingerprint density at radius 3 is 2.42 bits per heavy atom. The third-order valence-corrected chi connectivity index (χ3v) is 7.02. The highest BCUT2D eigenvalue weighted by molar-refractivity contribution is 7.88. The van der Waals surface area contributed by atoms with Gasteiger partial charge in [-0.25, -0.2) is 13.1 Å². The average Bonchev–Trinajstić information content (AvgIpc) is 3.42. The minimum atomic E-state index is -3.26. The number of nitrogens with one attached hydrogen (secondary N) is 2. The first-order valence-corrected chi connectivity index (χ1v) is 12.9. The Bertz CT molecular complexity index is 1010. The van der Waals surface area contributed by atoms with Crippen LogP contribution in [0, 0.1) is 0 Å². The van der Waals surface area contributed by atoms with E-state index in [0.29, 0.717) is 0 Å². The molecule has 6 nitrogen and oxygen atoms in total. The molecule has 0 unspecified atom stereocenters. The largest absolute Gasteiger partial charge is 0.347 e. The van der Waals surface area contributed by atoms with Crippen LogP contribution >= 0.6 is 0 Å². The van der Waals surface area contributed by atoms with Gasteiger partial charge in [-0.2, -0.15) is 0 Å². The minimum Gasteiger partial charge on any atom is -0.347 e. The molecule has 2 aromatic rings. The molecule has 0 spiro atoms. The molecule has 1 aliphatic heterocycles. The summed E-state index contributed by atoms with van der Waals surface area (Å²) >= 11 is 0. The molecule has 166 valence electrons. The fraction of sp³-hybridized carbons (Fsp3) is 0.458. The maximum Gasteiger partial charge on any atom is 0.231 e. The van der Waals surface area contributed by atoms with Crippen molar-refractivity contribution in [1.29, 1.82) is 0 Å². The molecule has 7 heteroatoms. The van der Waals surface area contributed by atoms with Crippen molar-refractivity contribution >= 4 is 15.9 Å². The summed E-state index contributed by atoms with van der Waals surface area (Å²) in [4.78, 5) is 15.9. The number of carbonyl (C=O) groups excluding carboxylic acids is 1. The number of sulfonamides is 1. The average molecular weight is 442 g/mol. The first-order chi connectivity index (χ1) is 14.9. The Morgan fingerprint density at radius 1 is 1.06 bits per heavy atom. The maximum atomic E-state index is 13.5. The summed E-state index contributed by atoms with van der Waals surface area (Å²) in [5.41, 5.74) is 2.44. The summed E-state index contributed by atoms with van der Waals surface area (Å²) in [5, 5.41) is 3.35. The van der Waals surface area contributed by atoms with Crippen molar-refractivity contribution < 1.29 is 13.2 Å². The second-order valence-corrected chi connectivity index (χ2v) is 10.7. The van der Waals surface area contributed by atoms with Crippen molar-refractivity contribution in [2.45, 2.75) is 43.7 Å². The van der Waals surface area contributed by atoms with E-state index in [4.69, 9.17) is 0 Å². The van der Waals surface area contributed by atoms with Crippen LogP contribution in [0.2, 0.25) is 0 Å². The molecular weight excluding hydrogens is 410 g/mol. The van der Waals surface area contributed by atoms with Crippen molar-refractivity contribution in [2.75, 3.05) is 25.9 Å². The van der Waals surface area contributed by atoms with Gasteiger partial charge in [-0.1, -0.05) is 54.6 Å². The number of hydrogen-bond donors (Lipinski definition) is 2. The molecule has 2 aliphatic rings. The van der Waals surface area contributed by atoms with E-state index in [9.17, 15) is 13.2 Å². The molecule has 1 saturated heterocycles. The van der Waals surface area contributed by atoms with E-state index >= 15 is 0 Å². The van der Waals surface area contributed by atoms with Gasteiger partial charge in [0, 0.05) is 13.1 Å². The molecule has 0 bridgehead atoms. The molecule has 1 saturated carbocycles. The Kier molecular flexibility index (Phi) is 6.46. The molecule has 1 heterocycles. The minimum absolute atomic E-state index is 0.0423. The molecule has 2 fully saturated rings. The van der Waals surface area contributed by atoms with Gasteiger partial charge in [0.15, 0.2) is 0 Å². The van der Waals surface area contributed by atoms with Crippen LogP contribution < -0.4 is 10.0 Å². The highest BCUT2D eigenvalue weighted by atomic mass is 32.2. The lowest BCUT2D eigenvalue weighted by molar-refractivity contribution is -0.124. The Morgan fingerprint density at radius 2 is 1.77 bits per heavy atom. The predicted molar refractivity (Wildman–Crippen MR) is 122 cm³/mol. The highest BCUT2D eigenvalue weighted by Crippen LogP contribution is 2.49. The molecule has 1 atom stereocenters. The van der Waals surface area contributed by atoms with Crippen molar-refractivity contribution in [3.05, 3.63) is 71.3 Å². The molecule has 0 radical (unpaired) electrons. The van der Waals surface area contributed by atoms with Crippen LogP contribution in [0.4, 0.5) is 0 Å². The van der Waals surface area contributed by atoms with Gasteiger partial charge in [0.25, 0.3) is 0 Å². The van der Waals surface area contributed by atoms with Crippen LogP contribution in [0.15, 0.2) is 54.6 Å². The van der Waals surface area contributed by atoms with Gasteiger partial charge in [0.1, 0.15) is 0 Å². The first kappa shape index (κ1) is 22.0. The molecule has 31 heavy (non-hydrogen) atoms. The van der Waals surface area contributed by atoms with Crippen LogP contribution in [-0.4, -0.2) is 45.1 Å². The van der Waals surface area contributed by atoms with Crippen LogP contribution in [-0.2, 0) is 26.8 Å². The molecule has 0 aromatic heterocycles. The normalized spacial score (nSPS) is 19.1. The lowest BCUT2D eigenvalue weighted by Gasteiger charge is -2.27. The van der Waals surface area contributed by atoms with Crippen LogP contribution in [0.3, 0.4) is 0 Å². The van der Waals surface area contributed by atoms with Crippen molar-refractivity contribution in [3.8, 4) is 0 Å². The summed E-state index contributed by atoms with van der Waals surface area (Å²) < 4.78 is 25.4. The standard InChI is InChI=1S/C24H31N3O3S/c1-31(29,30)25-17-19-8-7-11-21(16-19)24(12-13-24)23(28)26-22(18-27-14-5-6-15-27)20-9-3-2-4-10-20/h2-4,7-11,16,22,25H,5-6,12-15,17-18H2,1H3,(H,26,28)/t22-/m1/s1. The van der Waals surface area contributed by atoms with E-state index in [0.717, 1.165) is 55.4 Å². The zero-order valence-electron chi connectivity index (χ0n) is 18.0. The van der Waals surface area contributed by atoms with Crippen LogP contribution in [0.1, 0.15) is 48.4 Å². The SMILES string of the molecule is CS(=O)(=O)NCc1cccc(C2(C(=O)N[C@H](CN3CCCC3)c3ccccc3)CC2)c1. The Labute approximate surface area is 185 Å². The van der Waals surface area contributed by atoms with E-state index in [-0.39, 0.29) is 18.5 Å². The summed E-state index contributed by atoms with van der Waals surface area (Å²) in [6.07, 6.45) is 5.21. The predicted octanol–water partition coefficient (Wildman–Crippen LogP) is 2.72. The maximum absolute atomic E-state index is 13.5. The lowest BCUT2D eigenvalue weighted by Crippen LogP contribution is -2.42. The van der Waals surface area contributed by atoms with Gasteiger partial charge in [-0.05, 0) is 55.5 Å². The Hall–Kier alpha value is -2.22. The van der Waals surface area contributed by atoms with Crippen LogP contribution in [0.25, 0.3) is 0 Å². The highest BCUT2D eigenvalue weighted by Gasteiger charge is 2.51. The van der Waals surface area contributed by atoms with Gasteiger partial charge < -0.3 is 10.2 Å². The number of carbonyl (C=O) groups is 1. The fourth-order valence-electron chi connectivity index (χ4n) is 4.40. The smallest absolute Gasteiger partial charge is 0.231 e. The zero-order chi connectivity index (χ0) is 21.9. The van der Waals surface area contributed by atoms with Crippen molar-refractivity contribution in [2.24, 2.45) is 0 Å². The molecule has 2 N–H and O–H groups in total. The number of hydrogen-bond acceptors (Lipinski definition) is 4. The fourth-order valence-corrected chi connectivity index (χ4v) is 4.83. The summed E-state index contributed by atoms with van der Waals surface area (Å²) in [6.45, 7) is 3.22. The van der Waals surface area contributed by atoms with Crippen LogP contribution in [0.5, 0.6) is 0 Å². The monoisotopic (exact) mass is 441 g/mol. The second-order valence-electron chi connectivity index (χ2n) is 8.82. The van der Waals surface area contributed by atoms with E-state index in [1.807, 2.05) is 42.5 Å². The third kappa shape index (κ3) is 5.53. The van der Waals surface area contributed by atoms with Gasteiger partial charge in [-0.15, -0.1) is 0 Å². The van der Waals surface area contributed by atoms with Gasteiger partial charge >= 0.3 is 0 Å². The van der Waals surface area contributed by atoms with Crippen molar-refractivity contribution in [1.82, 2.24) is 14.9 Å². The number of benzene rings is 2. The number of rotatable bonds is 9. The van der Waals surface area contributed by atoms with Gasteiger partial charge in [-0.3, -0.25) is 4.79 Å². The molecule has 2 aromatic carbocycles. The summed E-state index contributed by atoms with van der Waals surface area (Å²) in [5.74, 6) is 0.0637. The molecule has 4 rings (SSSR count). The lowest BCUT2D eigenvalue weighted by atomic mass is 9.92. The Balaban J connectivity index is 1.50. The van der Waals surface area contributed by atoms with Gasteiger partial charge in [0.05, 0.1) is 17.7 Å². The number of likely N-dealkylation sites (tertiary alicyclic amines) is 1. The second kappa shape index (κ2) is 9.10. The quantitative estimate of drug-likeness (QED) is 0.627. The van der Waals surface area contributed by atoms with Gasteiger partial charge in [0.2, 0.25) is 15.9 Å². The summed E-state index contributed by atoms with van der Waals surface area (Å²) in [7, 11) is -3.26. The number of amides is 1. The zero-order valence-corrected chi connectivity index (χ0v) is 18.8. The third-order valence-electron chi connectivity index (χ3n) is 6.35. The topological polar surface area (TPSA) is 78.5 Å². The number of nitrogens with zero attached hydrogens (tertiary/aromatic N) is 1. The van der Waals surface area contributed by atoms with E-state index < -0.39 is 15.4 Å². The first-order valence-electron chi connectivity index (χ1n) is 11.0.